The molecule has 2 rings (SSSR count). The minimum absolute atomic E-state index is 0.212. The standard InChI is InChI=1S/C13H14N2O2S/c1-2-18-9-10-3-5-14-12(7-10)15-13(16)11-4-6-17-8-11/h3-8H,2,9H2,1H3,(H,14,15,16). The normalized spacial score (nSPS) is 10.3. The van der Waals surface area contributed by atoms with Crippen LogP contribution in [0.1, 0.15) is 22.8 Å². The second-order valence-corrected chi connectivity index (χ2v) is 4.93. The Morgan fingerprint density at radius 1 is 1.50 bits per heavy atom. The van der Waals surface area contributed by atoms with Crippen molar-refractivity contribution < 1.29 is 9.21 Å². The van der Waals surface area contributed by atoms with E-state index in [1.54, 1.807) is 12.3 Å². The zero-order chi connectivity index (χ0) is 12.8. The summed E-state index contributed by atoms with van der Waals surface area (Å²) in [6.45, 7) is 2.12. The van der Waals surface area contributed by atoms with Gasteiger partial charge in [0, 0.05) is 11.9 Å². The van der Waals surface area contributed by atoms with E-state index in [9.17, 15) is 4.79 Å². The fourth-order valence-corrected chi connectivity index (χ4v) is 2.05. The maximum atomic E-state index is 11.8. The van der Waals surface area contributed by atoms with Gasteiger partial charge in [-0.15, -0.1) is 0 Å². The van der Waals surface area contributed by atoms with Crippen molar-refractivity contribution in [2.24, 2.45) is 0 Å². The van der Waals surface area contributed by atoms with E-state index in [4.69, 9.17) is 4.42 Å². The summed E-state index contributed by atoms with van der Waals surface area (Å²) in [5, 5.41) is 2.74. The Balaban J connectivity index is 2.03. The molecule has 0 spiro atoms. The van der Waals surface area contributed by atoms with Gasteiger partial charge in [0.2, 0.25) is 0 Å². The van der Waals surface area contributed by atoms with E-state index in [1.807, 2.05) is 23.9 Å². The molecule has 0 saturated heterocycles. The average molecular weight is 262 g/mol. The number of thioether (sulfide) groups is 1. The molecule has 0 aliphatic heterocycles. The van der Waals surface area contributed by atoms with Crippen LogP contribution in [0.15, 0.2) is 41.3 Å². The van der Waals surface area contributed by atoms with Gasteiger partial charge in [0.15, 0.2) is 0 Å². The lowest BCUT2D eigenvalue weighted by Crippen LogP contribution is -2.12. The van der Waals surface area contributed by atoms with Gasteiger partial charge in [0.05, 0.1) is 11.8 Å². The van der Waals surface area contributed by atoms with E-state index in [0.29, 0.717) is 11.4 Å². The molecule has 0 radical (unpaired) electrons. The summed E-state index contributed by atoms with van der Waals surface area (Å²) in [5.74, 6) is 2.35. The Bertz CT molecular complexity index is 511. The number of hydrogen-bond acceptors (Lipinski definition) is 4. The third kappa shape index (κ3) is 3.37. The van der Waals surface area contributed by atoms with Crippen molar-refractivity contribution in [1.82, 2.24) is 4.98 Å². The quantitative estimate of drug-likeness (QED) is 0.899. The zero-order valence-corrected chi connectivity index (χ0v) is 10.9. The number of carbonyl (C=O) groups is 1. The fourth-order valence-electron chi connectivity index (χ4n) is 1.43. The first-order valence-corrected chi connectivity index (χ1v) is 6.81. The molecule has 0 aromatic carbocycles. The van der Waals surface area contributed by atoms with Crippen LogP contribution in [0.5, 0.6) is 0 Å². The van der Waals surface area contributed by atoms with Crippen molar-refractivity contribution in [3.63, 3.8) is 0 Å². The van der Waals surface area contributed by atoms with E-state index in [0.717, 1.165) is 17.1 Å². The van der Waals surface area contributed by atoms with Crippen LogP contribution in [0.3, 0.4) is 0 Å². The molecule has 2 aromatic rings. The lowest BCUT2D eigenvalue weighted by Gasteiger charge is -2.05. The Hall–Kier alpha value is -1.75. The van der Waals surface area contributed by atoms with Crippen LogP contribution in [-0.4, -0.2) is 16.6 Å². The van der Waals surface area contributed by atoms with E-state index in [-0.39, 0.29) is 5.91 Å². The van der Waals surface area contributed by atoms with Crippen molar-refractivity contribution in [3.8, 4) is 0 Å². The molecular weight excluding hydrogens is 248 g/mol. The Morgan fingerprint density at radius 2 is 2.39 bits per heavy atom. The molecule has 2 heterocycles. The van der Waals surface area contributed by atoms with Gasteiger partial charge in [-0.2, -0.15) is 11.8 Å². The lowest BCUT2D eigenvalue weighted by atomic mass is 10.3. The number of rotatable bonds is 5. The number of pyridine rings is 1. The molecule has 1 amide bonds. The summed E-state index contributed by atoms with van der Waals surface area (Å²) in [6.07, 6.45) is 4.58. The third-order valence-corrected chi connectivity index (χ3v) is 3.27. The smallest absolute Gasteiger partial charge is 0.260 e. The predicted molar refractivity (Wildman–Crippen MR) is 72.7 cm³/mol. The van der Waals surface area contributed by atoms with Crippen LogP contribution in [0, 0.1) is 0 Å². The second kappa shape index (κ2) is 6.26. The highest BCUT2D eigenvalue weighted by Gasteiger charge is 2.08. The van der Waals surface area contributed by atoms with E-state index in [2.05, 4.69) is 17.2 Å². The van der Waals surface area contributed by atoms with Gasteiger partial charge >= 0.3 is 0 Å². The van der Waals surface area contributed by atoms with Gasteiger partial charge in [0.25, 0.3) is 5.91 Å². The summed E-state index contributed by atoms with van der Waals surface area (Å²) >= 11 is 1.83. The summed E-state index contributed by atoms with van der Waals surface area (Å²) in [7, 11) is 0. The predicted octanol–water partition coefficient (Wildman–Crippen LogP) is 3.18. The zero-order valence-electron chi connectivity index (χ0n) is 10.1. The van der Waals surface area contributed by atoms with Crippen LogP contribution in [0.2, 0.25) is 0 Å². The Morgan fingerprint density at radius 3 is 3.11 bits per heavy atom. The van der Waals surface area contributed by atoms with Crippen LogP contribution in [-0.2, 0) is 5.75 Å². The third-order valence-electron chi connectivity index (χ3n) is 2.32. The van der Waals surface area contributed by atoms with Crippen molar-refractivity contribution >= 4 is 23.5 Å². The number of hydrogen-bond donors (Lipinski definition) is 1. The molecule has 0 aliphatic rings. The summed E-state index contributed by atoms with van der Waals surface area (Å²) in [6, 6.07) is 5.46. The number of carbonyl (C=O) groups excluding carboxylic acids is 1. The topological polar surface area (TPSA) is 55.1 Å². The molecule has 0 aliphatic carbocycles. The number of anilines is 1. The minimum Gasteiger partial charge on any atom is -0.472 e. The van der Waals surface area contributed by atoms with Gasteiger partial charge in [0.1, 0.15) is 12.1 Å². The highest BCUT2D eigenvalue weighted by Crippen LogP contribution is 2.15. The Labute approximate surface area is 110 Å². The molecular formula is C13H14N2O2S. The van der Waals surface area contributed by atoms with E-state index < -0.39 is 0 Å². The van der Waals surface area contributed by atoms with E-state index >= 15 is 0 Å². The molecule has 0 atom stereocenters. The van der Waals surface area contributed by atoms with E-state index in [1.165, 1.54) is 12.5 Å². The maximum absolute atomic E-state index is 11.8. The molecule has 18 heavy (non-hydrogen) atoms. The minimum atomic E-state index is -0.212. The van der Waals surface area contributed by atoms with Crippen LogP contribution >= 0.6 is 11.8 Å². The van der Waals surface area contributed by atoms with Gasteiger partial charge < -0.3 is 9.73 Å². The monoisotopic (exact) mass is 262 g/mol. The molecule has 94 valence electrons. The summed E-state index contributed by atoms with van der Waals surface area (Å²) in [4.78, 5) is 15.9. The van der Waals surface area contributed by atoms with Gasteiger partial charge in [-0.05, 0) is 29.5 Å². The van der Waals surface area contributed by atoms with Crippen molar-refractivity contribution in [3.05, 3.63) is 48.0 Å². The summed E-state index contributed by atoms with van der Waals surface area (Å²) < 4.78 is 4.87. The molecule has 1 N–H and O–H groups in total. The first kappa shape index (κ1) is 12.7. The van der Waals surface area contributed by atoms with Crippen molar-refractivity contribution in [2.45, 2.75) is 12.7 Å². The number of nitrogens with one attached hydrogen (secondary N) is 1. The van der Waals surface area contributed by atoms with Crippen LogP contribution in [0.25, 0.3) is 0 Å². The molecule has 5 heteroatoms. The van der Waals surface area contributed by atoms with Crippen LogP contribution < -0.4 is 5.32 Å². The number of aromatic nitrogens is 1. The van der Waals surface area contributed by atoms with Gasteiger partial charge in [-0.1, -0.05) is 6.92 Å². The van der Waals surface area contributed by atoms with Crippen LogP contribution in [0.4, 0.5) is 5.82 Å². The van der Waals surface area contributed by atoms with Crippen molar-refractivity contribution in [1.29, 1.82) is 0 Å². The lowest BCUT2D eigenvalue weighted by molar-refractivity contribution is 0.102. The molecule has 0 saturated carbocycles. The Kier molecular flexibility index (Phi) is 4.41. The maximum Gasteiger partial charge on any atom is 0.260 e. The largest absolute Gasteiger partial charge is 0.472 e. The first-order valence-electron chi connectivity index (χ1n) is 5.66. The molecule has 0 fully saturated rings. The molecule has 2 aromatic heterocycles. The molecule has 0 bridgehead atoms. The second-order valence-electron chi connectivity index (χ2n) is 3.65. The number of nitrogens with zero attached hydrogens (tertiary/aromatic N) is 1. The fraction of sp³-hybridized carbons (Fsp3) is 0.231. The van der Waals surface area contributed by atoms with Crippen molar-refractivity contribution in [2.75, 3.05) is 11.1 Å². The molecule has 4 nitrogen and oxygen atoms in total. The molecule has 0 unspecified atom stereocenters. The average Bonchev–Trinajstić information content (AvgIpc) is 2.91. The number of amides is 1. The van der Waals surface area contributed by atoms with Gasteiger partial charge in [-0.25, -0.2) is 4.98 Å². The highest BCUT2D eigenvalue weighted by molar-refractivity contribution is 7.98. The summed E-state index contributed by atoms with van der Waals surface area (Å²) in [5.41, 5.74) is 1.64. The highest BCUT2D eigenvalue weighted by atomic mass is 32.2. The number of furan rings is 1. The SMILES string of the molecule is CCSCc1ccnc(NC(=O)c2ccoc2)c1. The first-order chi connectivity index (χ1) is 8.79. The van der Waals surface area contributed by atoms with Gasteiger partial charge in [-0.3, -0.25) is 4.79 Å².